The molecule has 1 saturated carbocycles. The first-order chi connectivity index (χ1) is 8.64. The fraction of sp³-hybridized carbons (Fsp3) is 0.929. The minimum absolute atomic E-state index is 0.0773. The molecule has 3 rings (SSSR count). The van der Waals surface area contributed by atoms with Crippen LogP contribution >= 0.6 is 0 Å². The van der Waals surface area contributed by atoms with Gasteiger partial charge in [0, 0.05) is 13.1 Å². The predicted molar refractivity (Wildman–Crippen MR) is 69.6 cm³/mol. The molecule has 0 bridgehead atoms. The number of hydrogen-bond acceptors (Lipinski definition) is 3. The van der Waals surface area contributed by atoms with E-state index in [2.05, 4.69) is 10.2 Å². The smallest absolute Gasteiger partial charge is 0.305 e. The number of aliphatic carboxylic acids is 1. The number of rotatable bonds is 3. The van der Waals surface area contributed by atoms with Crippen molar-refractivity contribution in [2.45, 2.75) is 50.5 Å². The van der Waals surface area contributed by atoms with Crippen LogP contribution < -0.4 is 5.32 Å². The van der Waals surface area contributed by atoms with Crippen LogP contribution in [-0.4, -0.2) is 47.7 Å². The minimum atomic E-state index is -0.655. The van der Waals surface area contributed by atoms with Gasteiger partial charge < -0.3 is 10.4 Å². The Morgan fingerprint density at radius 2 is 1.72 bits per heavy atom. The predicted octanol–water partition coefficient (Wildman–Crippen LogP) is 1.46. The summed E-state index contributed by atoms with van der Waals surface area (Å²) in [4.78, 5) is 13.5. The summed E-state index contributed by atoms with van der Waals surface area (Å²) in [6.07, 6.45) is 8.50. The lowest BCUT2D eigenvalue weighted by molar-refractivity contribution is -0.142. The molecule has 2 N–H and O–H groups in total. The molecule has 0 unspecified atom stereocenters. The molecule has 0 aromatic heterocycles. The van der Waals surface area contributed by atoms with Crippen LogP contribution in [0, 0.1) is 5.41 Å². The Morgan fingerprint density at radius 1 is 1.11 bits per heavy atom. The fourth-order valence-corrected chi connectivity index (χ4v) is 4.24. The van der Waals surface area contributed by atoms with Crippen LogP contribution in [-0.2, 0) is 4.79 Å². The van der Waals surface area contributed by atoms with Gasteiger partial charge >= 0.3 is 5.97 Å². The van der Waals surface area contributed by atoms with Crippen molar-refractivity contribution in [3.8, 4) is 0 Å². The van der Waals surface area contributed by atoms with Crippen LogP contribution in [0.5, 0.6) is 0 Å². The summed E-state index contributed by atoms with van der Waals surface area (Å²) >= 11 is 0. The summed E-state index contributed by atoms with van der Waals surface area (Å²) < 4.78 is 0. The Morgan fingerprint density at radius 3 is 2.17 bits per heavy atom. The maximum absolute atomic E-state index is 11.0. The second-order valence-electron chi connectivity index (χ2n) is 6.59. The lowest BCUT2D eigenvalue weighted by Crippen LogP contribution is -2.70. The van der Waals surface area contributed by atoms with Crippen LogP contribution in [0.1, 0.15) is 44.9 Å². The first kappa shape index (κ1) is 12.4. The van der Waals surface area contributed by atoms with Gasteiger partial charge in [-0.15, -0.1) is 0 Å². The highest BCUT2D eigenvalue weighted by molar-refractivity contribution is 5.68. The highest BCUT2D eigenvalue weighted by Crippen LogP contribution is 2.47. The van der Waals surface area contributed by atoms with Crippen molar-refractivity contribution in [2.24, 2.45) is 5.41 Å². The Balaban J connectivity index is 1.62. The molecule has 4 heteroatoms. The van der Waals surface area contributed by atoms with Gasteiger partial charge in [-0.2, -0.15) is 0 Å². The van der Waals surface area contributed by atoms with Crippen molar-refractivity contribution < 1.29 is 9.90 Å². The number of piperidine rings is 1. The van der Waals surface area contributed by atoms with Crippen molar-refractivity contribution >= 4 is 5.97 Å². The molecule has 0 amide bonds. The van der Waals surface area contributed by atoms with E-state index in [0.29, 0.717) is 11.8 Å². The van der Waals surface area contributed by atoms with E-state index in [1.165, 1.54) is 38.5 Å². The summed E-state index contributed by atoms with van der Waals surface area (Å²) in [5.41, 5.74) is 0.546. The average molecular weight is 252 g/mol. The minimum Gasteiger partial charge on any atom is -0.481 e. The summed E-state index contributed by atoms with van der Waals surface area (Å²) in [7, 11) is 0. The number of hydrogen-bond donors (Lipinski definition) is 2. The van der Waals surface area contributed by atoms with Gasteiger partial charge in [-0.3, -0.25) is 9.69 Å². The number of carboxylic acids is 1. The molecular formula is C14H24N2O2. The van der Waals surface area contributed by atoms with Crippen LogP contribution in [0.2, 0.25) is 0 Å². The molecule has 1 spiro atoms. The number of nitrogens with one attached hydrogen (secondary N) is 1. The first-order valence-electron chi connectivity index (χ1n) is 7.32. The van der Waals surface area contributed by atoms with Crippen molar-refractivity contribution in [2.75, 3.05) is 26.2 Å². The van der Waals surface area contributed by atoms with E-state index in [0.717, 1.165) is 26.2 Å². The van der Waals surface area contributed by atoms with Crippen LogP contribution in [0.15, 0.2) is 0 Å². The van der Waals surface area contributed by atoms with Crippen LogP contribution in [0.25, 0.3) is 0 Å². The Bertz CT molecular complexity index is 323. The van der Waals surface area contributed by atoms with E-state index in [4.69, 9.17) is 5.11 Å². The number of likely N-dealkylation sites (tertiary alicyclic amines) is 1. The molecule has 0 radical (unpaired) electrons. The third kappa shape index (κ3) is 2.05. The second-order valence-corrected chi connectivity index (χ2v) is 6.59. The molecule has 2 heterocycles. The third-order valence-corrected chi connectivity index (χ3v) is 5.55. The third-order valence-electron chi connectivity index (χ3n) is 5.55. The topological polar surface area (TPSA) is 52.6 Å². The van der Waals surface area contributed by atoms with Gasteiger partial charge in [-0.1, -0.05) is 12.8 Å². The lowest BCUT2D eigenvalue weighted by Gasteiger charge is -2.54. The van der Waals surface area contributed by atoms with E-state index in [-0.39, 0.29) is 5.54 Å². The summed E-state index contributed by atoms with van der Waals surface area (Å²) in [6, 6.07) is 0. The van der Waals surface area contributed by atoms with Gasteiger partial charge in [0.05, 0.1) is 12.0 Å². The summed E-state index contributed by atoms with van der Waals surface area (Å²) in [6.45, 7) is 3.92. The second kappa shape index (κ2) is 4.49. The molecule has 0 atom stereocenters. The average Bonchev–Trinajstić information content (AvgIpc) is 2.73. The van der Waals surface area contributed by atoms with Gasteiger partial charge in [0.1, 0.15) is 0 Å². The van der Waals surface area contributed by atoms with E-state index in [9.17, 15) is 4.79 Å². The van der Waals surface area contributed by atoms with Gasteiger partial charge in [0.25, 0.3) is 0 Å². The van der Waals surface area contributed by atoms with Crippen molar-refractivity contribution in [3.63, 3.8) is 0 Å². The largest absolute Gasteiger partial charge is 0.481 e. The molecule has 3 aliphatic rings. The molecule has 102 valence electrons. The molecular weight excluding hydrogens is 228 g/mol. The molecule has 2 saturated heterocycles. The highest BCUT2D eigenvalue weighted by Gasteiger charge is 2.47. The molecule has 18 heavy (non-hydrogen) atoms. The molecule has 0 aromatic rings. The van der Waals surface area contributed by atoms with Crippen LogP contribution in [0.3, 0.4) is 0 Å². The van der Waals surface area contributed by atoms with E-state index in [1.807, 2.05) is 0 Å². The maximum atomic E-state index is 11.0. The maximum Gasteiger partial charge on any atom is 0.305 e. The van der Waals surface area contributed by atoms with E-state index >= 15 is 0 Å². The lowest BCUT2D eigenvalue weighted by atomic mass is 9.74. The Labute approximate surface area is 109 Å². The van der Waals surface area contributed by atoms with Crippen molar-refractivity contribution in [3.05, 3.63) is 0 Å². The molecule has 0 aromatic carbocycles. The number of nitrogens with zero attached hydrogens (tertiary/aromatic N) is 1. The van der Waals surface area contributed by atoms with E-state index < -0.39 is 5.97 Å². The zero-order chi connectivity index (χ0) is 12.6. The molecule has 2 aliphatic heterocycles. The number of carbonyl (C=O) groups is 1. The molecule has 1 aliphatic carbocycles. The zero-order valence-corrected chi connectivity index (χ0v) is 11.1. The monoisotopic (exact) mass is 252 g/mol. The van der Waals surface area contributed by atoms with E-state index in [1.54, 1.807) is 0 Å². The SMILES string of the molecule is O=C(O)CC1(N2CCC3(CCCC3)CC2)CNC1. The number of carboxylic acid groups (broad SMARTS) is 1. The van der Waals surface area contributed by atoms with Crippen molar-refractivity contribution in [1.29, 1.82) is 0 Å². The molecule has 3 fully saturated rings. The van der Waals surface area contributed by atoms with Crippen molar-refractivity contribution in [1.82, 2.24) is 10.2 Å². The molecule has 4 nitrogen and oxygen atoms in total. The first-order valence-corrected chi connectivity index (χ1v) is 7.32. The zero-order valence-electron chi connectivity index (χ0n) is 11.1. The normalized spacial score (nSPS) is 30.2. The highest BCUT2D eigenvalue weighted by atomic mass is 16.4. The van der Waals surface area contributed by atoms with Gasteiger partial charge in [-0.25, -0.2) is 0 Å². The quantitative estimate of drug-likeness (QED) is 0.798. The summed E-state index contributed by atoms with van der Waals surface area (Å²) in [5, 5.41) is 12.4. The van der Waals surface area contributed by atoms with Gasteiger partial charge in [-0.05, 0) is 44.2 Å². The Hall–Kier alpha value is -0.610. The van der Waals surface area contributed by atoms with Crippen LogP contribution in [0.4, 0.5) is 0 Å². The van der Waals surface area contributed by atoms with Gasteiger partial charge in [0.2, 0.25) is 0 Å². The standard InChI is InChI=1S/C14H24N2O2/c17-12(18)9-14(10-15-11-14)16-7-5-13(6-8-16)3-1-2-4-13/h15H,1-11H2,(H,17,18). The summed E-state index contributed by atoms with van der Waals surface area (Å²) in [5.74, 6) is -0.655. The Kier molecular flexibility index (Phi) is 3.10. The van der Waals surface area contributed by atoms with Gasteiger partial charge in [0.15, 0.2) is 0 Å². The fourth-order valence-electron chi connectivity index (χ4n) is 4.24.